The molecular formula is C18H22N6O2. The zero-order valence-corrected chi connectivity index (χ0v) is 15.0. The highest BCUT2D eigenvalue weighted by molar-refractivity contribution is 6.03. The molecule has 4 N–H and O–H groups in total. The van der Waals surface area contributed by atoms with Crippen LogP contribution in [0.25, 0.3) is 0 Å². The van der Waals surface area contributed by atoms with Gasteiger partial charge in [0.05, 0.1) is 5.54 Å². The standard InChI is InChI=1S/C18H22N6O2/c1-11-4-5-12(10-14(11)23-17(26)24(2)3)21-15(25)13-6-9-20-16(22-13)18(19)7-8-18/h4-6,9-10H,7-8,19H2,1-3H3,(H,21,25)(H,23,26). The number of hydrogen-bond acceptors (Lipinski definition) is 5. The van der Waals surface area contributed by atoms with Gasteiger partial charge in [-0.1, -0.05) is 6.07 Å². The molecule has 0 atom stereocenters. The molecule has 1 aliphatic rings. The number of carbonyl (C=O) groups is 2. The molecule has 0 saturated heterocycles. The number of aryl methyl sites for hydroxylation is 1. The van der Waals surface area contributed by atoms with Crippen molar-refractivity contribution in [2.45, 2.75) is 25.3 Å². The van der Waals surface area contributed by atoms with E-state index in [2.05, 4.69) is 20.6 Å². The highest BCUT2D eigenvalue weighted by Gasteiger charge is 2.43. The molecule has 8 nitrogen and oxygen atoms in total. The molecule has 1 aliphatic carbocycles. The van der Waals surface area contributed by atoms with Crippen LogP contribution in [0.2, 0.25) is 0 Å². The average Bonchev–Trinajstić information content (AvgIpc) is 3.36. The fraction of sp³-hybridized carbons (Fsp3) is 0.333. The normalized spacial score (nSPS) is 14.5. The van der Waals surface area contributed by atoms with Crippen molar-refractivity contribution in [1.82, 2.24) is 14.9 Å². The van der Waals surface area contributed by atoms with Crippen LogP contribution in [0.3, 0.4) is 0 Å². The second kappa shape index (κ2) is 6.72. The van der Waals surface area contributed by atoms with E-state index in [1.807, 2.05) is 13.0 Å². The first kappa shape index (κ1) is 17.8. The fourth-order valence-electron chi connectivity index (χ4n) is 2.34. The van der Waals surface area contributed by atoms with Crippen LogP contribution in [-0.4, -0.2) is 40.9 Å². The first-order valence-electron chi connectivity index (χ1n) is 8.31. The summed E-state index contributed by atoms with van der Waals surface area (Å²) in [5.74, 6) is 0.139. The molecule has 3 amide bonds. The van der Waals surface area contributed by atoms with Gasteiger partial charge in [-0.2, -0.15) is 0 Å². The molecule has 0 radical (unpaired) electrons. The van der Waals surface area contributed by atoms with Crippen LogP contribution < -0.4 is 16.4 Å². The Morgan fingerprint density at radius 2 is 1.92 bits per heavy atom. The molecule has 3 rings (SSSR count). The summed E-state index contributed by atoms with van der Waals surface area (Å²) in [6.07, 6.45) is 3.19. The Morgan fingerprint density at radius 1 is 1.19 bits per heavy atom. The summed E-state index contributed by atoms with van der Waals surface area (Å²) >= 11 is 0. The maximum atomic E-state index is 12.5. The van der Waals surface area contributed by atoms with E-state index in [0.717, 1.165) is 18.4 Å². The molecule has 0 spiro atoms. The van der Waals surface area contributed by atoms with E-state index in [9.17, 15) is 9.59 Å². The quantitative estimate of drug-likeness (QED) is 0.778. The molecule has 26 heavy (non-hydrogen) atoms. The van der Waals surface area contributed by atoms with Crippen molar-refractivity contribution in [1.29, 1.82) is 0 Å². The van der Waals surface area contributed by atoms with Gasteiger partial charge >= 0.3 is 6.03 Å². The zero-order valence-electron chi connectivity index (χ0n) is 15.0. The summed E-state index contributed by atoms with van der Waals surface area (Å²) < 4.78 is 0. The lowest BCUT2D eigenvalue weighted by molar-refractivity contribution is 0.102. The van der Waals surface area contributed by atoms with Crippen LogP contribution in [0.15, 0.2) is 30.5 Å². The molecule has 1 aromatic heterocycles. The van der Waals surface area contributed by atoms with Crippen LogP contribution in [0, 0.1) is 6.92 Å². The van der Waals surface area contributed by atoms with Crippen molar-refractivity contribution in [3.05, 3.63) is 47.5 Å². The average molecular weight is 354 g/mol. The Kier molecular flexibility index (Phi) is 4.60. The topological polar surface area (TPSA) is 113 Å². The highest BCUT2D eigenvalue weighted by atomic mass is 16.2. The van der Waals surface area contributed by atoms with E-state index >= 15 is 0 Å². The summed E-state index contributed by atoms with van der Waals surface area (Å²) in [5, 5.41) is 5.59. The number of nitrogens with one attached hydrogen (secondary N) is 2. The van der Waals surface area contributed by atoms with E-state index in [1.165, 1.54) is 4.90 Å². The minimum absolute atomic E-state index is 0.241. The van der Waals surface area contributed by atoms with Gasteiger partial charge in [-0.25, -0.2) is 14.8 Å². The molecule has 2 aromatic rings. The van der Waals surface area contributed by atoms with Gasteiger partial charge in [0.15, 0.2) is 0 Å². The number of anilines is 2. The number of hydrogen-bond donors (Lipinski definition) is 3. The lowest BCUT2D eigenvalue weighted by atomic mass is 10.1. The largest absolute Gasteiger partial charge is 0.331 e. The number of amides is 3. The van der Waals surface area contributed by atoms with Gasteiger partial charge in [0.25, 0.3) is 5.91 Å². The Hall–Kier alpha value is -3.00. The summed E-state index contributed by atoms with van der Waals surface area (Å²) in [6.45, 7) is 1.88. The number of carbonyl (C=O) groups excluding carboxylic acids is 2. The van der Waals surface area contributed by atoms with Gasteiger partial charge < -0.3 is 21.3 Å². The van der Waals surface area contributed by atoms with Gasteiger partial charge in [0.2, 0.25) is 0 Å². The summed E-state index contributed by atoms with van der Waals surface area (Å²) in [5.41, 5.74) is 7.93. The highest BCUT2D eigenvalue weighted by Crippen LogP contribution is 2.40. The van der Waals surface area contributed by atoms with Crippen molar-refractivity contribution in [2.24, 2.45) is 5.73 Å². The van der Waals surface area contributed by atoms with Crippen LogP contribution in [0.5, 0.6) is 0 Å². The smallest absolute Gasteiger partial charge is 0.321 e. The third-order valence-corrected chi connectivity index (χ3v) is 4.27. The molecule has 136 valence electrons. The van der Waals surface area contributed by atoms with Crippen molar-refractivity contribution in [3.8, 4) is 0 Å². The van der Waals surface area contributed by atoms with E-state index in [0.29, 0.717) is 17.2 Å². The molecule has 0 unspecified atom stereocenters. The molecule has 1 heterocycles. The van der Waals surface area contributed by atoms with Crippen LogP contribution >= 0.6 is 0 Å². The predicted octanol–water partition coefficient (Wildman–Crippen LogP) is 2.08. The van der Waals surface area contributed by atoms with Crippen LogP contribution in [0.4, 0.5) is 16.2 Å². The minimum atomic E-state index is -0.496. The van der Waals surface area contributed by atoms with E-state index in [-0.39, 0.29) is 17.6 Å². The third-order valence-electron chi connectivity index (χ3n) is 4.27. The Bertz CT molecular complexity index is 861. The molecule has 8 heteroatoms. The van der Waals surface area contributed by atoms with Gasteiger partial charge in [-0.05, 0) is 43.5 Å². The van der Waals surface area contributed by atoms with Gasteiger partial charge in [-0.15, -0.1) is 0 Å². The molecular weight excluding hydrogens is 332 g/mol. The first-order chi connectivity index (χ1) is 12.3. The maximum absolute atomic E-state index is 12.5. The Balaban J connectivity index is 1.76. The Labute approximate surface area is 151 Å². The second-order valence-corrected chi connectivity index (χ2v) is 6.73. The molecule has 1 aromatic carbocycles. The molecule has 1 saturated carbocycles. The van der Waals surface area contributed by atoms with E-state index in [4.69, 9.17) is 5.73 Å². The number of rotatable bonds is 4. The second-order valence-electron chi connectivity index (χ2n) is 6.73. The lowest BCUT2D eigenvalue weighted by Crippen LogP contribution is -2.27. The van der Waals surface area contributed by atoms with Crippen molar-refractivity contribution >= 4 is 23.3 Å². The van der Waals surface area contributed by atoms with Crippen LogP contribution in [0.1, 0.15) is 34.7 Å². The number of urea groups is 1. The maximum Gasteiger partial charge on any atom is 0.321 e. The number of nitrogens with two attached hydrogens (primary N) is 1. The monoisotopic (exact) mass is 354 g/mol. The van der Waals surface area contributed by atoms with Gasteiger partial charge in [0, 0.05) is 31.7 Å². The number of aromatic nitrogens is 2. The van der Waals surface area contributed by atoms with Crippen molar-refractivity contribution in [3.63, 3.8) is 0 Å². The minimum Gasteiger partial charge on any atom is -0.331 e. The first-order valence-corrected chi connectivity index (χ1v) is 8.31. The Morgan fingerprint density at radius 3 is 2.58 bits per heavy atom. The van der Waals surface area contributed by atoms with Gasteiger partial charge in [0.1, 0.15) is 11.5 Å². The predicted molar refractivity (Wildman–Crippen MR) is 99.0 cm³/mol. The summed E-state index contributed by atoms with van der Waals surface area (Å²) in [4.78, 5) is 34.3. The lowest BCUT2D eigenvalue weighted by Gasteiger charge is -2.15. The molecule has 1 fully saturated rings. The van der Waals surface area contributed by atoms with Gasteiger partial charge in [-0.3, -0.25) is 4.79 Å². The molecule has 0 bridgehead atoms. The number of nitrogens with zero attached hydrogens (tertiary/aromatic N) is 3. The fourth-order valence-corrected chi connectivity index (χ4v) is 2.34. The summed E-state index contributed by atoms with van der Waals surface area (Å²) in [7, 11) is 3.32. The zero-order chi connectivity index (χ0) is 18.9. The number of benzene rings is 1. The third kappa shape index (κ3) is 3.80. The SMILES string of the molecule is Cc1ccc(NC(=O)c2ccnc(C3(N)CC3)n2)cc1NC(=O)N(C)C. The summed E-state index contributed by atoms with van der Waals surface area (Å²) in [6, 6.07) is 6.61. The van der Waals surface area contributed by atoms with E-state index < -0.39 is 5.54 Å². The van der Waals surface area contributed by atoms with E-state index in [1.54, 1.807) is 38.5 Å². The van der Waals surface area contributed by atoms with Crippen LogP contribution in [-0.2, 0) is 5.54 Å². The van der Waals surface area contributed by atoms with Crippen molar-refractivity contribution in [2.75, 3.05) is 24.7 Å². The van der Waals surface area contributed by atoms with Crippen molar-refractivity contribution < 1.29 is 9.59 Å². The molecule has 0 aliphatic heterocycles.